The standard InChI is InChI=1S/C12H20O2/c1-4-5-10-11(13)6-9(8(2)3)7-12(10)14/h8-9,13H,4-7H2,1-3H3. The number of ketones is 1. The molecule has 80 valence electrons. The van der Waals surface area contributed by atoms with Crippen molar-refractivity contribution in [1.82, 2.24) is 0 Å². The minimum atomic E-state index is 0.161. The molecule has 0 radical (unpaired) electrons. The lowest BCUT2D eigenvalue weighted by molar-refractivity contribution is -0.117. The minimum absolute atomic E-state index is 0.161. The summed E-state index contributed by atoms with van der Waals surface area (Å²) in [6.45, 7) is 6.24. The first-order valence-corrected chi connectivity index (χ1v) is 5.50. The van der Waals surface area contributed by atoms with E-state index >= 15 is 0 Å². The second kappa shape index (κ2) is 4.63. The first-order valence-electron chi connectivity index (χ1n) is 5.50. The predicted molar refractivity (Wildman–Crippen MR) is 57.1 cm³/mol. The van der Waals surface area contributed by atoms with Gasteiger partial charge in [-0.05, 0) is 18.3 Å². The van der Waals surface area contributed by atoms with Gasteiger partial charge in [0.2, 0.25) is 0 Å². The molecule has 14 heavy (non-hydrogen) atoms. The number of aliphatic hydroxyl groups excluding tert-OH is 1. The van der Waals surface area contributed by atoms with Gasteiger partial charge in [-0.1, -0.05) is 27.2 Å². The summed E-state index contributed by atoms with van der Waals surface area (Å²) < 4.78 is 0. The molecule has 1 unspecified atom stereocenters. The summed E-state index contributed by atoms with van der Waals surface area (Å²) in [5, 5.41) is 9.75. The Labute approximate surface area is 86.0 Å². The average molecular weight is 196 g/mol. The van der Waals surface area contributed by atoms with Gasteiger partial charge < -0.3 is 5.11 Å². The number of Topliss-reactive ketones (excluding diaryl/α,β-unsaturated/α-hetero) is 1. The summed E-state index contributed by atoms with van der Waals surface area (Å²) in [6, 6.07) is 0. The van der Waals surface area contributed by atoms with Gasteiger partial charge in [0.15, 0.2) is 5.78 Å². The van der Waals surface area contributed by atoms with E-state index in [0.29, 0.717) is 36.0 Å². The largest absolute Gasteiger partial charge is 0.512 e. The van der Waals surface area contributed by atoms with Crippen molar-refractivity contribution >= 4 is 5.78 Å². The van der Waals surface area contributed by atoms with E-state index in [0.717, 1.165) is 12.8 Å². The zero-order chi connectivity index (χ0) is 10.7. The maximum atomic E-state index is 11.7. The number of hydrogen-bond donors (Lipinski definition) is 1. The Morgan fingerprint density at radius 1 is 1.43 bits per heavy atom. The van der Waals surface area contributed by atoms with E-state index in [1.165, 1.54) is 0 Å². The summed E-state index contributed by atoms with van der Waals surface area (Å²) in [4.78, 5) is 11.7. The third-order valence-electron chi connectivity index (χ3n) is 3.03. The molecule has 1 aliphatic carbocycles. The van der Waals surface area contributed by atoms with E-state index in [9.17, 15) is 9.90 Å². The number of carbonyl (C=O) groups excluding carboxylic acids is 1. The molecule has 1 aliphatic rings. The molecule has 1 rings (SSSR count). The van der Waals surface area contributed by atoms with Crippen molar-refractivity contribution in [3.8, 4) is 0 Å². The molecule has 2 heteroatoms. The summed E-state index contributed by atoms with van der Waals surface area (Å²) in [5.74, 6) is 1.32. The van der Waals surface area contributed by atoms with Gasteiger partial charge in [0.25, 0.3) is 0 Å². The van der Waals surface area contributed by atoms with Gasteiger partial charge in [0.05, 0.1) is 5.76 Å². The number of allylic oxidation sites excluding steroid dienone is 2. The molecule has 2 nitrogen and oxygen atoms in total. The summed E-state index contributed by atoms with van der Waals surface area (Å²) >= 11 is 0. The van der Waals surface area contributed by atoms with E-state index in [1.807, 2.05) is 6.92 Å². The number of aliphatic hydroxyl groups is 1. The Bertz CT molecular complexity index is 251. The second-order valence-electron chi connectivity index (χ2n) is 4.51. The highest BCUT2D eigenvalue weighted by Gasteiger charge is 2.28. The van der Waals surface area contributed by atoms with Gasteiger partial charge >= 0.3 is 0 Å². The Morgan fingerprint density at radius 3 is 2.50 bits per heavy atom. The highest BCUT2D eigenvalue weighted by molar-refractivity contribution is 5.96. The van der Waals surface area contributed by atoms with Gasteiger partial charge in [-0.3, -0.25) is 4.79 Å². The zero-order valence-corrected chi connectivity index (χ0v) is 9.34. The van der Waals surface area contributed by atoms with E-state index in [-0.39, 0.29) is 5.78 Å². The Balaban J connectivity index is 2.78. The lowest BCUT2D eigenvalue weighted by Crippen LogP contribution is -2.23. The minimum Gasteiger partial charge on any atom is -0.512 e. The van der Waals surface area contributed by atoms with Gasteiger partial charge in [-0.25, -0.2) is 0 Å². The molecule has 1 atom stereocenters. The molecular weight excluding hydrogens is 176 g/mol. The maximum absolute atomic E-state index is 11.7. The molecule has 0 heterocycles. The van der Waals surface area contributed by atoms with Crippen LogP contribution < -0.4 is 0 Å². The van der Waals surface area contributed by atoms with Gasteiger partial charge in [0.1, 0.15) is 0 Å². The van der Waals surface area contributed by atoms with E-state index in [4.69, 9.17) is 0 Å². The Kier molecular flexibility index (Phi) is 3.73. The summed E-state index contributed by atoms with van der Waals surface area (Å²) in [7, 11) is 0. The highest BCUT2D eigenvalue weighted by atomic mass is 16.3. The lowest BCUT2D eigenvalue weighted by atomic mass is 9.80. The maximum Gasteiger partial charge on any atom is 0.162 e. The quantitative estimate of drug-likeness (QED) is 0.752. The van der Waals surface area contributed by atoms with Crippen molar-refractivity contribution in [2.24, 2.45) is 11.8 Å². The molecular formula is C12H20O2. The normalized spacial score (nSPS) is 23.4. The fourth-order valence-corrected chi connectivity index (χ4v) is 1.97. The first-order chi connectivity index (χ1) is 6.56. The molecule has 0 aromatic heterocycles. The van der Waals surface area contributed by atoms with Crippen molar-refractivity contribution < 1.29 is 9.90 Å². The first kappa shape index (κ1) is 11.3. The smallest absolute Gasteiger partial charge is 0.162 e. The monoisotopic (exact) mass is 196 g/mol. The van der Waals surface area contributed by atoms with Crippen LogP contribution in [0.15, 0.2) is 11.3 Å². The molecule has 0 aromatic carbocycles. The summed E-state index contributed by atoms with van der Waals surface area (Å²) in [5.41, 5.74) is 0.685. The third-order valence-corrected chi connectivity index (χ3v) is 3.03. The lowest BCUT2D eigenvalue weighted by Gasteiger charge is -2.26. The van der Waals surface area contributed by atoms with Crippen molar-refractivity contribution in [3.05, 3.63) is 11.3 Å². The van der Waals surface area contributed by atoms with Gasteiger partial charge in [-0.2, -0.15) is 0 Å². The van der Waals surface area contributed by atoms with Crippen LogP contribution in [-0.2, 0) is 4.79 Å². The number of carbonyl (C=O) groups is 1. The third kappa shape index (κ3) is 2.37. The molecule has 0 aromatic rings. The van der Waals surface area contributed by atoms with Crippen molar-refractivity contribution in [1.29, 1.82) is 0 Å². The van der Waals surface area contributed by atoms with E-state index < -0.39 is 0 Å². The van der Waals surface area contributed by atoms with Crippen LogP contribution in [0.5, 0.6) is 0 Å². The molecule has 0 saturated carbocycles. The summed E-state index contributed by atoms with van der Waals surface area (Å²) in [6.07, 6.45) is 2.97. The van der Waals surface area contributed by atoms with Crippen LogP contribution in [0.25, 0.3) is 0 Å². The fourth-order valence-electron chi connectivity index (χ4n) is 1.97. The molecule has 0 bridgehead atoms. The molecule has 0 fully saturated rings. The van der Waals surface area contributed by atoms with Crippen LogP contribution in [0.1, 0.15) is 46.5 Å². The number of hydrogen-bond acceptors (Lipinski definition) is 2. The molecule has 0 aliphatic heterocycles. The highest BCUT2D eigenvalue weighted by Crippen LogP contribution is 2.32. The van der Waals surface area contributed by atoms with Crippen LogP contribution in [0.4, 0.5) is 0 Å². The predicted octanol–water partition coefficient (Wildman–Crippen LogP) is 3.23. The van der Waals surface area contributed by atoms with Crippen LogP contribution in [0.3, 0.4) is 0 Å². The average Bonchev–Trinajstić information content (AvgIpc) is 2.10. The zero-order valence-electron chi connectivity index (χ0n) is 9.34. The SMILES string of the molecule is CCCC1=C(O)CC(C(C)C)CC1=O. The van der Waals surface area contributed by atoms with Crippen molar-refractivity contribution in [3.63, 3.8) is 0 Å². The molecule has 0 amide bonds. The van der Waals surface area contributed by atoms with Crippen molar-refractivity contribution in [2.45, 2.75) is 46.5 Å². The van der Waals surface area contributed by atoms with E-state index in [2.05, 4.69) is 13.8 Å². The topological polar surface area (TPSA) is 37.3 Å². The van der Waals surface area contributed by atoms with E-state index in [1.54, 1.807) is 0 Å². The van der Waals surface area contributed by atoms with Crippen molar-refractivity contribution in [2.75, 3.05) is 0 Å². The molecule has 0 spiro atoms. The molecule has 0 saturated heterocycles. The number of rotatable bonds is 3. The van der Waals surface area contributed by atoms with Crippen LogP contribution in [-0.4, -0.2) is 10.9 Å². The van der Waals surface area contributed by atoms with Crippen LogP contribution in [0, 0.1) is 11.8 Å². The fraction of sp³-hybridized carbons (Fsp3) is 0.750. The van der Waals surface area contributed by atoms with Gasteiger partial charge in [0, 0.05) is 18.4 Å². The second-order valence-corrected chi connectivity index (χ2v) is 4.51. The Morgan fingerprint density at radius 2 is 2.07 bits per heavy atom. The Hall–Kier alpha value is -0.790. The van der Waals surface area contributed by atoms with Crippen LogP contribution in [0.2, 0.25) is 0 Å². The van der Waals surface area contributed by atoms with Gasteiger partial charge in [-0.15, -0.1) is 0 Å². The van der Waals surface area contributed by atoms with Crippen LogP contribution >= 0.6 is 0 Å². The molecule has 1 N–H and O–H groups in total.